The molecule has 0 atom stereocenters. The van der Waals surface area contributed by atoms with Crippen LogP contribution in [0, 0.1) is 25.2 Å². The van der Waals surface area contributed by atoms with Crippen LogP contribution in [0.3, 0.4) is 0 Å². The van der Waals surface area contributed by atoms with Gasteiger partial charge < -0.3 is 0 Å². The smallest absolute Gasteiger partial charge is 0.194 e. The predicted octanol–water partition coefficient (Wildman–Crippen LogP) is 4.87. The van der Waals surface area contributed by atoms with Crippen molar-refractivity contribution in [3.63, 3.8) is 0 Å². The van der Waals surface area contributed by atoms with E-state index in [0.717, 1.165) is 16.3 Å². The van der Waals surface area contributed by atoms with Gasteiger partial charge in [-0.2, -0.15) is 5.26 Å². The topological polar surface area (TPSA) is 41.1 Å². The van der Waals surface area contributed by atoms with E-state index in [4.69, 9.17) is 4.98 Å². The van der Waals surface area contributed by atoms with Gasteiger partial charge in [0.05, 0.1) is 29.6 Å². The molecule has 0 saturated carbocycles. The first-order valence-electron chi connectivity index (χ1n) is 7.47. The molecule has 0 unspecified atom stereocenters. The summed E-state index contributed by atoms with van der Waals surface area (Å²) < 4.78 is 2.18. The van der Waals surface area contributed by atoms with Crippen molar-refractivity contribution in [1.82, 2.24) is 9.38 Å². The number of hydrogen-bond donors (Lipinski definition) is 0. The third-order valence-electron chi connectivity index (χ3n) is 3.89. The molecule has 0 amide bonds. The summed E-state index contributed by atoms with van der Waals surface area (Å²) in [6.45, 7) is 8.48. The average Bonchev–Trinajstić information content (AvgIpc) is 2.96. The molecule has 0 bridgehead atoms. The van der Waals surface area contributed by atoms with Gasteiger partial charge in [-0.25, -0.2) is 4.98 Å². The summed E-state index contributed by atoms with van der Waals surface area (Å²) in [6, 6.07) is 10.8. The molecule has 3 nitrogen and oxygen atoms in total. The van der Waals surface area contributed by atoms with E-state index in [1.54, 1.807) is 11.3 Å². The van der Waals surface area contributed by atoms with Crippen molar-refractivity contribution in [3.8, 4) is 17.3 Å². The summed E-state index contributed by atoms with van der Waals surface area (Å²) in [5.41, 5.74) is 5.68. The third-order valence-corrected chi connectivity index (χ3v) is 4.85. The van der Waals surface area contributed by atoms with E-state index < -0.39 is 0 Å². The summed E-state index contributed by atoms with van der Waals surface area (Å²) in [5.74, 6) is 0.321. The van der Waals surface area contributed by atoms with Crippen molar-refractivity contribution >= 4 is 16.3 Å². The van der Waals surface area contributed by atoms with Crippen LogP contribution in [0.15, 0.2) is 24.3 Å². The maximum absolute atomic E-state index is 9.22. The molecule has 3 rings (SSSR count). The highest BCUT2D eigenvalue weighted by molar-refractivity contribution is 7.17. The Labute approximate surface area is 134 Å². The lowest BCUT2D eigenvalue weighted by Crippen LogP contribution is -1.99. The first kappa shape index (κ1) is 14.8. The van der Waals surface area contributed by atoms with Crippen LogP contribution < -0.4 is 0 Å². The minimum atomic E-state index is 0.321. The minimum absolute atomic E-state index is 0.321. The molecule has 0 fully saturated rings. The zero-order valence-corrected chi connectivity index (χ0v) is 14.2. The van der Waals surface area contributed by atoms with Gasteiger partial charge in [-0.05, 0) is 25.3 Å². The van der Waals surface area contributed by atoms with Crippen molar-refractivity contribution in [3.05, 3.63) is 46.1 Å². The van der Waals surface area contributed by atoms with E-state index in [0.29, 0.717) is 12.3 Å². The van der Waals surface area contributed by atoms with Crippen LogP contribution in [0.2, 0.25) is 0 Å². The predicted molar refractivity (Wildman–Crippen MR) is 91.4 cm³/mol. The fourth-order valence-corrected chi connectivity index (χ4v) is 3.86. The number of aryl methyl sites for hydroxylation is 2. The van der Waals surface area contributed by atoms with E-state index in [1.165, 1.54) is 21.7 Å². The molecule has 2 aromatic heterocycles. The molecular weight excluding hydrogens is 290 g/mol. The summed E-state index contributed by atoms with van der Waals surface area (Å²) >= 11 is 1.70. The molecule has 0 aliphatic heterocycles. The lowest BCUT2D eigenvalue weighted by molar-refractivity contribution is 0.814. The van der Waals surface area contributed by atoms with Crippen LogP contribution in [0.1, 0.15) is 41.6 Å². The number of imidazole rings is 1. The van der Waals surface area contributed by atoms with Crippen molar-refractivity contribution in [2.24, 2.45) is 0 Å². The van der Waals surface area contributed by atoms with Gasteiger partial charge >= 0.3 is 0 Å². The Morgan fingerprint density at radius 2 is 1.91 bits per heavy atom. The summed E-state index contributed by atoms with van der Waals surface area (Å²) in [5, 5.41) is 9.22. The van der Waals surface area contributed by atoms with Gasteiger partial charge in [0.2, 0.25) is 0 Å². The second-order valence-electron chi connectivity index (χ2n) is 5.92. The molecule has 2 heterocycles. The van der Waals surface area contributed by atoms with Crippen LogP contribution >= 0.6 is 11.3 Å². The molecular formula is C18H19N3S. The zero-order chi connectivity index (χ0) is 15.9. The first-order chi connectivity index (χ1) is 10.5. The quantitative estimate of drug-likeness (QED) is 0.692. The van der Waals surface area contributed by atoms with Crippen molar-refractivity contribution in [2.75, 3.05) is 0 Å². The molecule has 112 valence electrons. The Kier molecular flexibility index (Phi) is 3.76. The lowest BCUT2D eigenvalue weighted by atomic mass is 10.1. The zero-order valence-electron chi connectivity index (χ0n) is 13.3. The van der Waals surface area contributed by atoms with E-state index in [-0.39, 0.29) is 0 Å². The molecule has 0 radical (unpaired) electrons. The minimum Gasteiger partial charge on any atom is -0.286 e. The standard InChI is InChI=1S/C18H19N3S/c1-11(2)16-15(9-10-19)21-17(13(4)22-18(21)20-16)14-7-5-12(3)6-8-14/h5-8,11H,9H2,1-4H3. The summed E-state index contributed by atoms with van der Waals surface area (Å²) in [7, 11) is 0. The van der Waals surface area contributed by atoms with Crippen LogP contribution in [-0.4, -0.2) is 9.38 Å². The van der Waals surface area contributed by atoms with Gasteiger partial charge in [0, 0.05) is 4.88 Å². The molecule has 0 N–H and O–H groups in total. The van der Waals surface area contributed by atoms with Gasteiger partial charge in [0.1, 0.15) is 0 Å². The number of benzene rings is 1. The molecule has 0 aliphatic rings. The maximum Gasteiger partial charge on any atom is 0.194 e. The molecule has 0 spiro atoms. The normalized spacial score (nSPS) is 11.3. The Morgan fingerprint density at radius 3 is 2.50 bits per heavy atom. The van der Waals surface area contributed by atoms with Gasteiger partial charge in [0.15, 0.2) is 4.96 Å². The van der Waals surface area contributed by atoms with Crippen molar-refractivity contribution < 1.29 is 0 Å². The van der Waals surface area contributed by atoms with Crippen LogP contribution in [0.25, 0.3) is 16.2 Å². The van der Waals surface area contributed by atoms with Crippen LogP contribution in [-0.2, 0) is 6.42 Å². The molecule has 0 aliphatic carbocycles. The van der Waals surface area contributed by atoms with Crippen molar-refractivity contribution in [2.45, 2.75) is 40.0 Å². The number of thiazole rings is 1. The highest BCUT2D eigenvalue weighted by Crippen LogP contribution is 2.35. The molecule has 0 saturated heterocycles. The second kappa shape index (κ2) is 5.58. The van der Waals surface area contributed by atoms with E-state index in [1.807, 2.05) is 0 Å². The summed E-state index contributed by atoms with van der Waals surface area (Å²) in [4.78, 5) is 7.01. The van der Waals surface area contributed by atoms with Gasteiger partial charge in [-0.1, -0.05) is 43.7 Å². The highest BCUT2D eigenvalue weighted by Gasteiger charge is 2.21. The lowest BCUT2D eigenvalue weighted by Gasteiger charge is -2.08. The largest absolute Gasteiger partial charge is 0.286 e. The molecule has 4 heteroatoms. The van der Waals surface area contributed by atoms with E-state index >= 15 is 0 Å². The fraction of sp³-hybridized carbons (Fsp3) is 0.333. The van der Waals surface area contributed by atoms with Crippen LogP contribution in [0.5, 0.6) is 0 Å². The number of hydrogen-bond acceptors (Lipinski definition) is 3. The number of fused-ring (bicyclic) bond motifs is 1. The molecule has 22 heavy (non-hydrogen) atoms. The number of nitrogens with zero attached hydrogens (tertiary/aromatic N) is 3. The monoisotopic (exact) mass is 309 g/mol. The second-order valence-corrected chi connectivity index (χ2v) is 7.11. The molecule has 1 aromatic carbocycles. The SMILES string of the molecule is Cc1ccc(-c2c(C)sc3nc(C(C)C)c(CC#N)n23)cc1. The average molecular weight is 309 g/mol. The number of aromatic nitrogens is 2. The van der Waals surface area contributed by atoms with E-state index in [2.05, 4.69) is 62.4 Å². The van der Waals surface area contributed by atoms with Gasteiger partial charge in [-0.15, -0.1) is 11.3 Å². The van der Waals surface area contributed by atoms with Gasteiger partial charge in [-0.3, -0.25) is 4.40 Å². The third kappa shape index (κ3) is 2.32. The Balaban J connectivity index is 2.32. The van der Waals surface area contributed by atoms with E-state index in [9.17, 15) is 5.26 Å². The highest BCUT2D eigenvalue weighted by atomic mass is 32.1. The Morgan fingerprint density at radius 1 is 1.23 bits per heavy atom. The summed E-state index contributed by atoms with van der Waals surface area (Å²) in [6.07, 6.45) is 0.393. The fourth-order valence-electron chi connectivity index (χ4n) is 2.84. The number of nitriles is 1. The maximum atomic E-state index is 9.22. The Bertz CT molecular complexity index is 860. The van der Waals surface area contributed by atoms with Crippen molar-refractivity contribution in [1.29, 1.82) is 5.26 Å². The Hall–Kier alpha value is -2.12. The number of rotatable bonds is 3. The van der Waals surface area contributed by atoms with Crippen LogP contribution in [0.4, 0.5) is 0 Å². The molecule has 3 aromatic rings. The first-order valence-corrected chi connectivity index (χ1v) is 8.29. The van der Waals surface area contributed by atoms with Gasteiger partial charge in [0.25, 0.3) is 0 Å².